The van der Waals surface area contributed by atoms with Crippen LogP contribution in [0.1, 0.15) is 18.9 Å². The van der Waals surface area contributed by atoms with Gasteiger partial charge in [0.2, 0.25) is 5.91 Å². The molecule has 0 aliphatic rings. The SMILES string of the molecule is CC(=O)Nc1ccc(N=Nc2c(S(=O)(=O)[O-])cc3cc(SOO[O-])c(N=Nc4ccc(CCCOSOO[O-])cc4)c(N)c3c2O)cc1.[Na+].[Na+].[Na+]. The van der Waals surface area contributed by atoms with Gasteiger partial charge in [0.05, 0.1) is 50.9 Å². The van der Waals surface area contributed by atoms with Gasteiger partial charge in [0.15, 0.2) is 18.1 Å². The topological polar surface area (TPSA) is 274 Å². The molecule has 0 saturated carbocycles. The Morgan fingerprint density at radius 3 is 2.06 bits per heavy atom. The number of nitrogens with one attached hydrogen (secondary N) is 1. The van der Waals surface area contributed by atoms with Crippen LogP contribution in [0.25, 0.3) is 10.8 Å². The second kappa shape index (κ2) is 23.5. The molecule has 0 unspecified atom stereocenters. The predicted octanol–water partition coefficient (Wildman–Crippen LogP) is -4.20. The minimum Gasteiger partial charge on any atom is -0.744 e. The van der Waals surface area contributed by atoms with Crippen molar-refractivity contribution in [3.63, 3.8) is 0 Å². The minimum absolute atomic E-state index is 0. The van der Waals surface area contributed by atoms with E-state index in [1.165, 1.54) is 37.3 Å². The molecule has 51 heavy (non-hydrogen) atoms. The number of nitrogens with two attached hydrogens (primary N) is 1. The predicted molar refractivity (Wildman–Crippen MR) is 166 cm³/mol. The van der Waals surface area contributed by atoms with Gasteiger partial charge in [-0.2, -0.15) is 14.6 Å². The standard InChI is InChI=1S/C27H26N6O12S3.3Na/c1-15(34)29-18-8-10-20(11-9-18)31-33-26-22(48(38,39)40)14-17-13-21(46-44-42-36)25(24(28)23(17)27(26)35)32-30-19-6-4-16(5-7-19)3-2-12-41-47-45-43-37;;;/h4-11,13-14,35-37H,2-3,12,28H2,1H3,(H,29,34)(H,38,39,40);;;/q;3*+1/p-3. The maximum Gasteiger partial charge on any atom is 1.00 e. The zero-order valence-electron chi connectivity index (χ0n) is 27.4. The molecule has 4 N–H and O–H groups in total. The van der Waals surface area contributed by atoms with E-state index in [0.29, 0.717) is 48.6 Å². The number of nitrogen functional groups attached to an aromatic ring is 1. The number of carbonyl (C=O) groups excluding carboxylic acids is 1. The van der Waals surface area contributed by atoms with E-state index < -0.39 is 26.5 Å². The average Bonchev–Trinajstić information content (AvgIpc) is 3.05. The number of hydrogen-bond acceptors (Lipinski definition) is 19. The smallest absolute Gasteiger partial charge is 0.744 e. The zero-order valence-corrected chi connectivity index (χ0v) is 35.9. The van der Waals surface area contributed by atoms with E-state index in [1.807, 2.05) is 0 Å². The van der Waals surface area contributed by atoms with Crippen LogP contribution in [-0.4, -0.2) is 30.6 Å². The molecule has 18 nitrogen and oxygen atoms in total. The first-order chi connectivity index (χ1) is 23.0. The number of nitrogens with zero attached hydrogens (tertiary/aromatic N) is 4. The number of carbonyl (C=O) groups is 1. The van der Waals surface area contributed by atoms with Gasteiger partial charge >= 0.3 is 88.7 Å². The van der Waals surface area contributed by atoms with E-state index in [0.717, 1.165) is 11.6 Å². The summed E-state index contributed by atoms with van der Waals surface area (Å²) < 4.78 is 50.1. The van der Waals surface area contributed by atoms with Crippen LogP contribution in [0.3, 0.4) is 0 Å². The number of aryl methyl sites for hydroxylation is 1. The number of aromatic hydroxyl groups is 1. The molecule has 4 aromatic rings. The normalized spacial score (nSPS) is 11.3. The summed E-state index contributed by atoms with van der Waals surface area (Å²) in [6, 6.07) is 15.0. The maximum atomic E-state index is 12.2. The van der Waals surface area contributed by atoms with Crippen molar-refractivity contribution < 1.29 is 145 Å². The molecular formula is C27H23N6Na3O12S3. The van der Waals surface area contributed by atoms with Gasteiger partial charge < -0.3 is 31.2 Å². The zero-order chi connectivity index (χ0) is 34.7. The number of benzene rings is 4. The number of anilines is 2. The first-order valence-corrected chi connectivity index (χ1v) is 16.1. The molecule has 4 aromatic carbocycles. The molecule has 0 aliphatic heterocycles. The molecule has 0 atom stereocenters. The Morgan fingerprint density at radius 2 is 1.49 bits per heavy atom. The van der Waals surface area contributed by atoms with Crippen LogP contribution < -0.4 is 110 Å². The summed E-state index contributed by atoms with van der Waals surface area (Å²) in [4.78, 5) is 10.4. The summed E-state index contributed by atoms with van der Waals surface area (Å²) >= 11 is 0.796. The monoisotopic (exact) mass is 788 g/mol. The second-order valence-corrected chi connectivity index (χ2v) is 12.0. The van der Waals surface area contributed by atoms with Crippen molar-refractivity contribution in [2.24, 2.45) is 20.5 Å². The third-order valence-corrected chi connectivity index (χ3v) is 8.03. The molecule has 0 saturated heterocycles. The van der Waals surface area contributed by atoms with Crippen LogP contribution in [0, 0.1) is 0 Å². The van der Waals surface area contributed by atoms with Crippen LogP contribution in [0.2, 0.25) is 0 Å². The van der Waals surface area contributed by atoms with E-state index in [4.69, 9.17) is 9.92 Å². The Labute approximate surface area is 365 Å². The Morgan fingerprint density at radius 1 is 0.902 bits per heavy atom. The number of amides is 1. The molecule has 0 bridgehead atoms. The van der Waals surface area contributed by atoms with Gasteiger partial charge in [-0.05, 0) is 72.3 Å². The summed E-state index contributed by atoms with van der Waals surface area (Å²) in [5, 5.41) is 56.6. The fourth-order valence-electron chi connectivity index (χ4n) is 4.18. The van der Waals surface area contributed by atoms with E-state index in [1.54, 1.807) is 24.3 Å². The van der Waals surface area contributed by atoms with Gasteiger partial charge in [0.1, 0.15) is 21.5 Å². The third kappa shape index (κ3) is 14.2. The summed E-state index contributed by atoms with van der Waals surface area (Å²) in [5.74, 6) is -1.10. The molecular weight excluding hydrogens is 765 g/mol. The Balaban J connectivity index is 0.00000433. The summed E-state index contributed by atoms with van der Waals surface area (Å²) in [5.41, 5.74) is 7.34. The van der Waals surface area contributed by atoms with Crippen LogP contribution in [0.15, 0.2) is 90.9 Å². The largest absolute Gasteiger partial charge is 1.00 e. The van der Waals surface area contributed by atoms with Crippen molar-refractivity contribution >= 4 is 85.3 Å². The quantitative estimate of drug-likeness (QED) is 0.0142. The van der Waals surface area contributed by atoms with E-state index in [2.05, 4.69) is 44.5 Å². The molecule has 0 fully saturated rings. The first kappa shape index (κ1) is 47.8. The fraction of sp³-hybridized carbons (Fsp3) is 0.148. The summed E-state index contributed by atoms with van der Waals surface area (Å²) in [7, 11) is -5.22. The van der Waals surface area contributed by atoms with Gasteiger partial charge in [-0.15, -0.1) is 14.6 Å². The molecule has 0 radical (unpaired) electrons. The molecule has 0 aliphatic carbocycles. The Kier molecular flexibility index (Phi) is 22.0. The number of phenols is 1. The van der Waals surface area contributed by atoms with Crippen molar-refractivity contribution in [2.75, 3.05) is 17.7 Å². The number of azo groups is 2. The summed E-state index contributed by atoms with van der Waals surface area (Å²) in [6.07, 6.45) is 1.24. The van der Waals surface area contributed by atoms with Crippen LogP contribution in [-0.2, 0) is 44.3 Å². The van der Waals surface area contributed by atoms with Crippen molar-refractivity contribution in [3.05, 3.63) is 66.2 Å². The van der Waals surface area contributed by atoms with Gasteiger partial charge in [-0.25, -0.2) is 8.42 Å². The van der Waals surface area contributed by atoms with Crippen molar-refractivity contribution in [1.29, 1.82) is 0 Å². The van der Waals surface area contributed by atoms with Gasteiger partial charge in [0, 0.05) is 12.6 Å². The van der Waals surface area contributed by atoms with E-state index in [9.17, 15) is 33.4 Å². The van der Waals surface area contributed by atoms with Crippen molar-refractivity contribution in [3.8, 4) is 5.75 Å². The number of fused-ring (bicyclic) bond motifs is 1. The van der Waals surface area contributed by atoms with Gasteiger partial charge in [0.25, 0.3) is 0 Å². The van der Waals surface area contributed by atoms with Crippen LogP contribution in [0.5, 0.6) is 5.75 Å². The summed E-state index contributed by atoms with van der Waals surface area (Å²) in [6.45, 7) is 1.62. The average molecular weight is 789 g/mol. The second-order valence-electron chi connectivity index (χ2n) is 9.40. The molecule has 24 heteroatoms. The number of phenolic OH excluding ortho intramolecular Hbond substituents is 1. The third-order valence-electron chi connectivity index (χ3n) is 6.19. The molecule has 0 heterocycles. The molecule has 0 spiro atoms. The Bertz CT molecular complexity index is 1930. The van der Waals surface area contributed by atoms with Crippen LogP contribution >= 0.6 is 24.4 Å². The molecule has 4 rings (SSSR count). The first-order valence-electron chi connectivity index (χ1n) is 13.3. The fourth-order valence-corrected chi connectivity index (χ4v) is 5.57. The number of rotatable bonds is 16. The molecule has 1 amide bonds. The van der Waals surface area contributed by atoms with E-state index >= 15 is 0 Å². The van der Waals surface area contributed by atoms with Gasteiger partial charge in [-0.1, -0.05) is 12.1 Å². The van der Waals surface area contributed by atoms with Crippen LogP contribution in [0.4, 0.5) is 34.1 Å². The van der Waals surface area contributed by atoms with E-state index in [-0.39, 0.29) is 134 Å². The molecule has 0 aromatic heterocycles. The Hall–Kier alpha value is -1.26. The maximum absolute atomic E-state index is 12.2. The minimum atomic E-state index is -5.22. The van der Waals surface area contributed by atoms with Gasteiger partial charge in [-0.3, -0.25) is 19.1 Å². The van der Waals surface area contributed by atoms with Crippen molar-refractivity contribution in [1.82, 2.24) is 0 Å². The molecule has 254 valence electrons. The number of hydrogen-bond donors (Lipinski definition) is 3. The van der Waals surface area contributed by atoms with Crippen molar-refractivity contribution in [2.45, 2.75) is 29.6 Å².